The van der Waals surface area contributed by atoms with E-state index < -0.39 is 12.1 Å². The molecule has 1 aromatic carbocycles. The van der Waals surface area contributed by atoms with Crippen LogP contribution in [0.5, 0.6) is 0 Å². The highest BCUT2D eigenvalue weighted by Gasteiger charge is 2.40. The topological polar surface area (TPSA) is 73.3 Å². The molecule has 30 heavy (non-hydrogen) atoms. The fourth-order valence-corrected chi connectivity index (χ4v) is 3.75. The number of alkyl halides is 3. The van der Waals surface area contributed by atoms with Gasteiger partial charge in [-0.2, -0.15) is 13.2 Å². The minimum absolute atomic E-state index is 0.0380. The van der Waals surface area contributed by atoms with Crippen LogP contribution in [0, 0.1) is 5.41 Å². The summed E-state index contributed by atoms with van der Waals surface area (Å²) in [7, 11) is 3.65. The third-order valence-corrected chi connectivity index (χ3v) is 5.12. The van der Waals surface area contributed by atoms with Crippen molar-refractivity contribution in [1.82, 2.24) is 9.80 Å². The number of carboxylic acids is 1. The van der Waals surface area contributed by atoms with E-state index in [4.69, 9.17) is 14.6 Å². The highest BCUT2D eigenvalue weighted by Crippen LogP contribution is 2.34. The molecule has 1 N–H and O–H groups in total. The van der Waals surface area contributed by atoms with Crippen LogP contribution in [0.15, 0.2) is 30.3 Å². The second-order valence-electron chi connectivity index (χ2n) is 7.81. The molecule has 0 saturated carbocycles. The summed E-state index contributed by atoms with van der Waals surface area (Å²) in [5, 5.41) is 7.12. The van der Waals surface area contributed by atoms with Crippen LogP contribution in [0.3, 0.4) is 0 Å². The van der Waals surface area contributed by atoms with E-state index in [1.807, 2.05) is 25.1 Å². The highest BCUT2D eigenvalue weighted by atomic mass is 19.4. The summed E-state index contributed by atoms with van der Waals surface area (Å²) >= 11 is 0. The molecule has 2 amide bonds. The molecule has 2 saturated heterocycles. The van der Waals surface area contributed by atoms with Gasteiger partial charge in [-0.25, -0.2) is 9.59 Å². The molecule has 2 fully saturated rings. The monoisotopic (exact) mass is 431 g/mol. The molecule has 1 aromatic rings. The van der Waals surface area contributed by atoms with Gasteiger partial charge in [0.15, 0.2) is 0 Å². The van der Waals surface area contributed by atoms with Gasteiger partial charge in [0.25, 0.3) is 0 Å². The zero-order chi connectivity index (χ0) is 22.4. The Morgan fingerprint density at radius 2 is 1.77 bits per heavy atom. The Labute approximate surface area is 174 Å². The summed E-state index contributed by atoms with van der Waals surface area (Å²) in [5.74, 6) is -2.76. The quantitative estimate of drug-likeness (QED) is 0.740. The van der Waals surface area contributed by atoms with Gasteiger partial charge in [-0.15, -0.1) is 0 Å². The van der Waals surface area contributed by atoms with Gasteiger partial charge < -0.3 is 24.5 Å². The number of rotatable bonds is 1. The van der Waals surface area contributed by atoms with Gasteiger partial charge in [0.05, 0.1) is 13.2 Å². The molecule has 1 atom stereocenters. The second-order valence-corrected chi connectivity index (χ2v) is 7.81. The van der Waals surface area contributed by atoms with Gasteiger partial charge in [-0.3, -0.25) is 0 Å². The van der Waals surface area contributed by atoms with Crippen LogP contribution in [0.4, 0.5) is 23.7 Å². The Balaban J connectivity index is 0.000000396. The van der Waals surface area contributed by atoms with E-state index in [2.05, 4.69) is 29.2 Å². The molecule has 1 unspecified atom stereocenters. The number of amides is 2. The summed E-state index contributed by atoms with van der Waals surface area (Å²) in [5.41, 5.74) is 1.28. The van der Waals surface area contributed by atoms with Crippen LogP contribution in [0.1, 0.15) is 12.8 Å². The maximum absolute atomic E-state index is 12.4. The Morgan fingerprint density at radius 1 is 1.13 bits per heavy atom. The number of likely N-dealkylation sites (tertiary alicyclic amines) is 1. The lowest BCUT2D eigenvalue weighted by atomic mass is 9.80. The standard InChI is InChI=1S/C18H27N3O2.C2HF3O2/c1-19(2)17(22)21-10-6-9-18(14-21)13-20(11-12-23-15-18)16-7-4-3-5-8-16;3-2(4,5)1(6)7/h3-5,7-8H,6,9-15H2,1-2H3;(H,6,7). The number of anilines is 1. The largest absolute Gasteiger partial charge is 0.490 e. The number of carbonyl (C=O) groups is 2. The lowest BCUT2D eigenvalue weighted by Gasteiger charge is -2.44. The Morgan fingerprint density at radius 3 is 2.33 bits per heavy atom. The number of benzene rings is 1. The molecule has 168 valence electrons. The summed E-state index contributed by atoms with van der Waals surface area (Å²) in [6.07, 6.45) is -2.92. The molecular formula is C20H28F3N3O4. The van der Waals surface area contributed by atoms with Crippen LogP contribution < -0.4 is 4.90 Å². The van der Waals surface area contributed by atoms with Gasteiger partial charge in [-0.1, -0.05) is 18.2 Å². The Bertz CT molecular complexity index is 715. The predicted octanol–water partition coefficient (Wildman–Crippen LogP) is 2.92. The highest BCUT2D eigenvalue weighted by molar-refractivity contribution is 5.74. The van der Waals surface area contributed by atoms with Gasteiger partial charge in [0.2, 0.25) is 0 Å². The minimum atomic E-state index is -5.08. The van der Waals surface area contributed by atoms with E-state index >= 15 is 0 Å². The van der Waals surface area contributed by atoms with E-state index in [-0.39, 0.29) is 11.4 Å². The first-order valence-corrected chi connectivity index (χ1v) is 9.68. The van der Waals surface area contributed by atoms with Crippen molar-refractivity contribution in [3.63, 3.8) is 0 Å². The number of hydrogen-bond acceptors (Lipinski definition) is 4. The van der Waals surface area contributed by atoms with Gasteiger partial charge in [0, 0.05) is 51.4 Å². The van der Waals surface area contributed by atoms with Crippen molar-refractivity contribution in [2.75, 3.05) is 58.4 Å². The molecule has 2 heterocycles. The number of urea groups is 1. The number of hydrogen-bond donors (Lipinski definition) is 1. The molecule has 1 spiro atoms. The van der Waals surface area contributed by atoms with Crippen LogP contribution in [0.2, 0.25) is 0 Å². The normalized spacial score (nSPS) is 22.0. The van der Waals surface area contributed by atoms with E-state index in [0.717, 1.165) is 52.2 Å². The van der Waals surface area contributed by atoms with Crippen LogP contribution in [0.25, 0.3) is 0 Å². The van der Waals surface area contributed by atoms with E-state index in [1.165, 1.54) is 5.69 Å². The number of ether oxygens (including phenoxy) is 1. The number of carboxylic acid groups (broad SMARTS) is 1. The molecule has 7 nitrogen and oxygen atoms in total. The first-order valence-electron chi connectivity index (χ1n) is 9.68. The average Bonchev–Trinajstić information content (AvgIpc) is 2.90. The summed E-state index contributed by atoms with van der Waals surface area (Å²) in [4.78, 5) is 27.3. The van der Waals surface area contributed by atoms with Crippen molar-refractivity contribution in [3.8, 4) is 0 Å². The maximum atomic E-state index is 12.4. The van der Waals surface area contributed by atoms with Gasteiger partial charge in [0.1, 0.15) is 0 Å². The molecular weight excluding hydrogens is 403 g/mol. The predicted molar refractivity (Wildman–Crippen MR) is 105 cm³/mol. The first kappa shape index (κ1) is 23.8. The van der Waals surface area contributed by atoms with Crippen LogP contribution in [-0.4, -0.2) is 86.6 Å². The smallest absolute Gasteiger partial charge is 0.475 e. The third-order valence-electron chi connectivity index (χ3n) is 5.12. The lowest BCUT2D eigenvalue weighted by Crippen LogP contribution is -2.54. The SMILES string of the molecule is CN(C)C(=O)N1CCCC2(COCCN(c3ccccc3)C2)C1.O=C(O)C(F)(F)F. The number of halogens is 3. The molecule has 3 rings (SSSR count). The molecule has 0 bridgehead atoms. The minimum Gasteiger partial charge on any atom is -0.475 e. The molecule has 0 aliphatic carbocycles. The lowest BCUT2D eigenvalue weighted by molar-refractivity contribution is -0.192. The zero-order valence-corrected chi connectivity index (χ0v) is 17.2. The number of nitrogens with zero attached hydrogens (tertiary/aromatic N) is 3. The van der Waals surface area contributed by atoms with Crippen molar-refractivity contribution in [1.29, 1.82) is 0 Å². The number of carbonyl (C=O) groups excluding carboxylic acids is 1. The summed E-state index contributed by atoms with van der Waals surface area (Å²) < 4.78 is 37.7. The summed E-state index contributed by atoms with van der Waals surface area (Å²) in [6, 6.07) is 10.6. The van der Waals surface area contributed by atoms with Crippen molar-refractivity contribution in [3.05, 3.63) is 30.3 Å². The third kappa shape index (κ3) is 6.51. The first-order chi connectivity index (χ1) is 14.0. The maximum Gasteiger partial charge on any atom is 0.490 e. The number of para-hydroxylation sites is 1. The molecule has 0 radical (unpaired) electrons. The van der Waals surface area contributed by atoms with Crippen LogP contribution in [-0.2, 0) is 9.53 Å². The van der Waals surface area contributed by atoms with E-state index in [9.17, 15) is 18.0 Å². The molecule has 2 aliphatic rings. The van der Waals surface area contributed by atoms with Crippen molar-refractivity contribution in [2.24, 2.45) is 5.41 Å². The number of aliphatic carboxylic acids is 1. The Kier molecular flexibility index (Phi) is 7.94. The number of piperidine rings is 1. The molecule has 0 aromatic heterocycles. The molecule has 10 heteroatoms. The second kappa shape index (κ2) is 10.0. The fraction of sp³-hybridized carbons (Fsp3) is 0.600. The van der Waals surface area contributed by atoms with Gasteiger partial charge in [-0.05, 0) is 25.0 Å². The van der Waals surface area contributed by atoms with Crippen molar-refractivity contribution < 1.29 is 32.6 Å². The average molecular weight is 431 g/mol. The fourth-order valence-electron chi connectivity index (χ4n) is 3.75. The van der Waals surface area contributed by atoms with Gasteiger partial charge >= 0.3 is 18.2 Å². The summed E-state index contributed by atoms with van der Waals surface area (Å²) in [6.45, 7) is 4.99. The van der Waals surface area contributed by atoms with Crippen molar-refractivity contribution in [2.45, 2.75) is 19.0 Å². The van der Waals surface area contributed by atoms with E-state index in [0.29, 0.717) is 0 Å². The van der Waals surface area contributed by atoms with E-state index in [1.54, 1.807) is 4.90 Å². The van der Waals surface area contributed by atoms with Crippen LogP contribution >= 0.6 is 0 Å². The zero-order valence-electron chi connectivity index (χ0n) is 17.2. The van der Waals surface area contributed by atoms with Crippen molar-refractivity contribution >= 4 is 17.7 Å². The Hall–Kier alpha value is -2.49. The molecule has 2 aliphatic heterocycles.